The minimum absolute atomic E-state index is 0.00760. The van der Waals surface area contributed by atoms with Crippen molar-refractivity contribution in [2.75, 3.05) is 6.54 Å². The monoisotopic (exact) mass is 453 g/mol. The maximum absolute atomic E-state index is 14.0. The van der Waals surface area contributed by atoms with E-state index >= 15 is 0 Å². The number of ether oxygens (including phenoxy) is 1. The van der Waals surface area contributed by atoms with Crippen molar-refractivity contribution in [2.24, 2.45) is 0 Å². The summed E-state index contributed by atoms with van der Waals surface area (Å²) in [6.07, 6.45) is -1.69. The lowest BCUT2D eigenvalue weighted by Crippen LogP contribution is -2.34. The first-order valence-corrected chi connectivity index (χ1v) is 9.29. The molecule has 0 saturated heterocycles. The fourth-order valence-electron chi connectivity index (χ4n) is 2.78. The van der Waals surface area contributed by atoms with E-state index in [1.165, 1.54) is 4.57 Å². The van der Waals surface area contributed by atoms with Crippen LogP contribution in [0.4, 0.5) is 13.6 Å². The van der Waals surface area contributed by atoms with Gasteiger partial charge >= 0.3 is 6.09 Å². The number of aryl methyl sites for hydroxylation is 1. The van der Waals surface area contributed by atoms with E-state index in [2.05, 4.69) is 26.2 Å². The summed E-state index contributed by atoms with van der Waals surface area (Å²) in [6, 6.07) is 9.93. The SMILES string of the molecule is Cc1nc2c(F)cc(F)c(Br)c2n1CC(O)CNC(=O)OCc1ccccc1. The Morgan fingerprint density at radius 1 is 1.32 bits per heavy atom. The van der Waals surface area contributed by atoms with Crippen molar-refractivity contribution < 1.29 is 23.4 Å². The van der Waals surface area contributed by atoms with Crippen LogP contribution in [0.1, 0.15) is 11.4 Å². The minimum Gasteiger partial charge on any atom is -0.445 e. The van der Waals surface area contributed by atoms with Gasteiger partial charge in [0, 0.05) is 12.6 Å². The van der Waals surface area contributed by atoms with Gasteiger partial charge in [0.1, 0.15) is 23.8 Å². The van der Waals surface area contributed by atoms with E-state index in [0.29, 0.717) is 5.82 Å². The zero-order valence-electron chi connectivity index (χ0n) is 15.0. The van der Waals surface area contributed by atoms with Crippen LogP contribution in [0.3, 0.4) is 0 Å². The summed E-state index contributed by atoms with van der Waals surface area (Å²) in [6.45, 7) is 1.63. The van der Waals surface area contributed by atoms with E-state index in [0.717, 1.165) is 11.6 Å². The molecule has 1 aromatic heterocycles. The normalized spacial score (nSPS) is 12.2. The first-order valence-electron chi connectivity index (χ1n) is 8.49. The number of carbonyl (C=O) groups is 1. The Bertz CT molecular complexity index is 995. The smallest absolute Gasteiger partial charge is 0.407 e. The number of amides is 1. The highest BCUT2D eigenvalue weighted by molar-refractivity contribution is 9.10. The first kappa shape index (κ1) is 20.2. The van der Waals surface area contributed by atoms with Gasteiger partial charge in [-0.1, -0.05) is 30.3 Å². The number of fused-ring (bicyclic) bond motifs is 1. The number of aliphatic hydroxyl groups excluding tert-OH is 1. The van der Waals surface area contributed by atoms with Crippen molar-refractivity contribution in [2.45, 2.75) is 26.2 Å². The first-order chi connectivity index (χ1) is 13.4. The number of hydrogen-bond donors (Lipinski definition) is 2. The molecule has 0 fully saturated rings. The summed E-state index contributed by atoms with van der Waals surface area (Å²) in [7, 11) is 0. The molecule has 2 N–H and O–H groups in total. The van der Waals surface area contributed by atoms with Crippen molar-refractivity contribution in [3.8, 4) is 0 Å². The fourth-order valence-corrected chi connectivity index (χ4v) is 3.30. The molecule has 2 aromatic carbocycles. The molecule has 28 heavy (non-hydrogen) atoms. The van der Waals surface area contributed by atoms with Gasteiger partial charge in [0.05, 0.1) is 22.6 Å². The minimum atomic E-state index is -1.02. The van der Waals surface area contributed by atoms with E-state index in [4.69, 9.17) is 4.74 Å². The molecule has 9 heteroatoms. The van der Waals surface area contributed by atoms with E-state index in [9.17, 15) is 18.7 Å². The van der Waals surface area contributed by atoms with Crippen LogP contribution in [0.25, 0.3) is 11.0 Å². The highest BCUT2D eigenvalue weighted by atomic mass is 79.9. The van der Waals surface area contributed by atoms with Gasteiger partial charge in [-0.3, -0.25) is 0 Å². The van der Waals surface area contributed by atoms with Crippen molar-refractivity contribution in [1.29, 1.82) is 0 Å². The number of nitrogens with zero attached hydrogens (tertiary/aromatic N) is 2. The lowest BCUT2D eigenvalue weighted by Gasteiger charge is -2.15. The Balaban J connectivity index is 1.61. The van der Waals surface area contributed by atoms with Gasteiger partial charge in [0.15, 0.2) is 5.82 Å². The molecule has 148 valence electrons. The quantitative estimate of drug-likeness (QED) is 0.558. The van der Waals surface area contributed by atoms with E-state index < -0.39 is 23.8 Å². The molecule has 1 unspecified atom stereocenters. The molecular weight excluding hydrogens is 436 g/mol. The average molecular weight is 454 g/mol. The third-order valence-electron chi connectivity index (χ3n) is 4.14. The fraction of sp³-hybridized carbons (Fsp3) is 0.263. The van der Waals surface area contributed by atoms with Crippen LogP contribution in [0.2, 0.25) is 0 Å². The van der Waals surface area contributed by atoms with Crippen molar-refractivity contribution in [1.82, 2.24) is 14.9 Å². The maximum Gasteiger partial charge on any atom is 0.407 e. The summed E-state index contributed by atoms with van der Waals surface area (Å²) in [4.78, 5) is 15.9. The highest BCUT2D eigenvalue weighted by Crippen LogP contribution is 2.30. The molecule has 0 aliphatic heterocycles. The van der Waals surface area contributed by atoms with Gasteiger partial charge in [-0.15, -0.1) is 0 Å². The van der Waals surface area contributed by atoms with Crippen LogP contribution in [0.15, 0.2) is 40.9 Å². The van der Waals surface area contributed by atoms with E-state index in [1.54, 1.807) is 6.92 Å². The standard InChI is InChI=1S/C19H18BrF2N3O3/c1-11-24-17-15(22)7-14(21)16(20)18(17)25(11)9-13(26)8-23-19(27)28-10-12-5-3-2-4-6-12/h2-7,13,26H,8-10H2,1H3,(H,23,27). The highest BCUT2D eigenvalue weighted by Gasteiger charge is 2.20. The number of imidazole rings is 1. The van der Waals surface area contributed by atoms with Crippen LogP contribution in [0.5, 0.6) is 0 Å². The van der Waals surface area contributed by atoms with E-state index in [-0.39, 0.29) is 35.2 Å². The Labute approximate surface area is 168 Å². The largest absolute Gasteiger partial charge is 0.445 e. The molecule has 0 aliphatic rings. The number of rotatable bonds is 6. The molecule has 0 saturated carbocycles. The Morgan fingerprint density at radius 3 is 2.75 bits per heavy atom. The van der Waals surface area contributed by atoms with Gasteiger partial charge in [0.2, 0.25) is 0 Å². The number of aromatic nitrogens is 2. The van der Waals surface area contributed by atoms with Crippen molar-refractivity contribution in [3.05, 3.63) is 63.9 Å². The summed E-state index contributed by atoms with van der Waals surface area (Å²) in [5.74, 6) is -1.14. The van der Waals surface area contributed by atoms with Crippen LogP contribution >= 0.6 is 15.9 Å². The van der Waals surface area contributed by atoms with Gasteiger partial charge in [-0.05, 0) is 28.4 Å². The number of nitrogens with one attached hydrogen (secondary N) is 1. The second-order valence-corrected chi connectivity index (χ2v) is 7.01. The second kappa shape index (κ2) is 8.66. The average Bonchev–Trinajstić information content (AvgIpc) is 3.00. The molecule has 0 aliphatic carbocycles. The topological polar surface area (TPSA) is 76.4 Å². The number of aliphatic hydroxyl groups is 1. The van der Waals surface area contributed by atoms with Crippen molar-refractivity contribution >= 4 is 33.1 Å². The number of alkyl carbamates (subject to hydrolysis) is 1. The molecule has 6 nitrogen and oxygen atoms in total. The van der Waals surface area contributed by atoms with Gasteiger partial charge in [-0.2, -0.15) is 0 Å². The number of hydrogen-bond acceptors (Lipinski definition) is 4. The Morgan fingerprint density at radius 2 is 2.04 bits per heavy atom. The maximum atomic E-state index is 14.0. The van der Waals surface area contributed by atoms with Crippen LogP contribution in [-0.4, -0.2) is 33.4 Å². The lowest BCUT2D eigenvalue weighted by atomic mass is 10.2. The predicted octanol–water partition coefficient (Wildman–Crippen LogP) is 3.67. The zero-order valence-corrected chi connectivity index (χ0v) is 16.5. The predicted molar refractivity (Wildman–Crippen MR) is 103 cm³/mol. The zero-order chi connectivity index (χ0) is 20.3. The Hall–Kier alpha value is -2.52. The molecule has 1 heterocycles. The third kappa shape index (κ3) is 4.48. The molecule has 0 spiro atoms. The molecular formula is C19H18BrF2N3O3. The summed E-state index contributed by atoms with van der Waals surface area (Å²) in [5, 5.41) is 12.7. The molecule has 3 aromatic rings. The number of halogens is 3. The molecule has 0 bridgehead atoms. The van der Waals surface area contributed by atoms with Crippen LogP contribution in [0, 0.1) is 18.6 Å². The van der Waals surface area contributed by atoms with Crippen LogP contribution in [-0.2, 0) is 17.9 Å². The van der Waals surface area contributed by atoms with Crippen LogP contribution < -0.4 is 5.32 Å². The summed E-state index contributed by atoms with van der Waals surface area (Å²) in [5.41, 5.74) is 1.06. The molecule has 1 atom stereocenters. The number of carbonyl (C=O) groups excluding carboxylic acids is 1. The number of benzene rings is 2. The summed E-state index contributed by atoms with van der Waals surface area (Å²) < 4.78 is 34.4. The Kier molecular flexibility index (Phi) is 6.25. The van der Waals surface area contributed by atoms with Crippen molar-refractivity contribution in [3.63, 3.8) is 0 Å². The molecule has 1 amide bonds. The lowest BCUT2D eigenvalue weighted by molar-refractivity contribution is 0.120. The molecule has 3 rings (SSSR count). The van der Waals surface area contributed by atoms with E-state index in [1.807, 2.05) is 30.3 Å². The molecule has 0 radical (unpaired) electrons. The third-order valence-corrected chi connectivity index (χ3v) is 4.90. The van der Waals surface area contributed by atoms with Gasteiger partial charge in [0.25, 0.3) is 0 Å². The van der Waals surface area contributed by atoms with Gasteiger partial charge in [-0.25, -0.2) is 18.6 Å². The van der Waals surface area contributed by atoms with Gasteiger partial charge < -0.3 is 19.7 Å². The summed E-state index contributed by atoms with van der Waals surface area (Å²) >= 11 is 3.10. The second-order valence-electron chi connectivity index (χ2n) is 6.22.